The van der Waals surface area contributed by atoms with E-state index < -0.39 is 0 Å². The van der Waals surface area contributed by atoms with Gasteiger partial charge in [0, 0.05) is 22.0 Å². The quantitative estimate of drug-likeness (QED) is 0.502. The zero-order valence-corrected chi connectivity index (χ0v) is 15.7. The number of hydrogen-bond donors (Lipinski definition) is 0. The van der Waals surface area contributed by atoms with Crippen molar-refractivity contribution in [3.05, 3.63) is 20.8 Å². The highest BCUT2D eigenvalue weighted by Crippen LogP contribution is 2.37. The number of thioether (sulfide) groups is 1. The predicted molar refractivity (Wildman–Crippen MR) is 94.3 cm³/mol. The number of halogens is 2. The van der Waals surface area contributed by atoms with Crippen LogP contribution in [0.3, 0.4) is 0 Å². The van der Waals surface area contributed by atoms with Gasteiger partial charge in [-0.05, 0) is 31.2 Å². The Labute approximate surface area is 144 Å². The zero-order valence-electron chi connectivity index (χ0n) is 10.7. The number of alkyl halides is 1. The van der Waals surface area contributed by atoms with Crippen molar-refractivity contribution in [2.24, 2.45) is 0 Å². The summed E-state index contributed by atoms with van der Waals surface area (Å²) in [5.41, 5.74) is 1.49. The van der Waals surface area contributed by atoms with E-state index in [-0.39, 0.29) is 22.5 Å². The summed E-state index contributed by atoms with van der Waals surface area (Å²) in [7, 11) is 0. The van der Waals surface area contributed by atoms with Crippen molar-refractivity contribution in [2.45, 2.75) is 42.6 Å². The van der Waals surface area contributed by atoms with Gasteiger partial charge in [0.1, 0.15) is 4.83 Å². The largest absolute Gasteiger partial charge is 0.286 e. The maximum absolute atomic E-state index is 12.7. The lowest BCUT2D eigenvalue weighted by Gasteiger charge is -2.10. The minimum atomic E-state index is 0. The van der Waals surface area contributed by atoms with Crippen LogP contribution >= 0.6 is 56.0 Å². The summed E-state index contributed by atoms with van der Waals surface area (Å²) < 4.78 is 1.88. The normalized spacial score (nSPS) is 20.6. The van der Waals surface area contributed by atoms with Crippen LogP contribution in [0.1, 0.15) is 23.3 Å². The molecule has 2 aromatic heterocycles. The summed E-state index contributed by atoms with van der Waals surface area (Å²) >= 11 is 6.97. The first-order chi connectivity index (χ1) is 9.28. The molecule has 3 heterocycles. The van der Waals surface area contributed by atoms with Crippen molar-refractivity contribution in [1.29, 1.82) is 0 Å². The van der Waals surface area contributed by atoms with E-state index in [9.17, 15) is 4.79 Å². The highest BCUT2D eigenvalue weighted by Gasteiger charge is 2.28. The Morgan fingerprint density at radius 1 is 1.35 bits per heavy atom. The van der Waals surface area contributed by atoms with Gasteiger partial charge in [0.05, 0.1) is 5.39 Å². The van der Waals surface area contributed by atoms with E-state index in [1.165, 1.54) is 23.3 Å². The van der Waals surface area contributed by atoms with Gasteiger partial charge in [-0.3, -0.25) is 9.36 Å². The zero-order chi connectivity index (χ0) is 13.0. The first kappa shape index (κ1) is 15.1. The van der Waals surface area contributed by atoms with Crippen LogP contribution < -0.4 is 5.56 Å². The topological polar surface area (TPSA) is 34.9 Å². The summed E-state index contributed by atoms with van der Waals surface area (Å²) in [6.45, 7) is 0.789. The number of fused-ring (bicyclic) bond motifs is 4. The van der Waals surface area contributed by atoms with Gasteiger partial charge in [-0.15, -0.1) is 28.3 Å². The summed E-state index contributed by atoms with van der Waals surface area (Å²) in [5, 5.41) is 3.17. The summed E-state index contributed by atoms with van der Waals surface area (Å²) in [6.07, 6.45) is 4.64. The van der Waals surface area contributed by atoms with E-state index >= 15 is 0 Å². The highest BCUT2D eigenvalue weighted by molar-refractivity contribution is 9.09. The number of thiophene rings is 1. The van der Waals surface area contributed by atoms with Gasteiger partial charge in [-0.1, -0.05) is 27.7 Å². The molecule has 1 atom stereocenters. The van der Waals surface area contributed by atoms with Crippen LogP contribution in [0.15, 0.2) is 9.95 Å². The fourth-order valence-electron chi connectivity index (χ4n) is 2.94. The molecule has 1 unspecified atom stereocenters. The molecule has 0 saturated heterocycles. The van der Waals surface area contributed by atoms with Crippen molar-refractivity contribution in [1.82, 2.24) is 9.55 Å². The van der Waals surface area contributed by atoms with Crippen molar-refractivity contribution in [3.63, 3.8) is 0 Å². The molecule has 1 aliphatic heterocycles. The molecule has 0 bridgehead atoms. The van der Waals surface area contributed by atoms with E-state index in [4.69, 9.17) is 4.98 Å². The molecule has 0 fully saturated rings. The fourth-order valence-corrected chi connectivity index (χ4v) is 5.87. The second-order valence-corrected chi connectivity index (χ2v) is 8.09. The molecule has 2 aromatic rings. The maximum atomic E-state index is 12.7. The predicted octanol–water partition coefficient (Wildman–Crippen LogP) is 3.78. The van der Waals surface area contributed by atoms with Gasteiger partial charge in [0.15, 0.2) is 5.16 Å². The molecule has 2 aliphatic rings. The van der Waals surface area contributed by atoms with Gasteiger partial charge < -0.3 is 0 Å². The molecular weight excluding hydrogens is 424 g/mol. The van der Waals surface area contributed by atoms with Crippen molar-refractivity contribution >= 4 is 66.2 Å². The van der Waals surface area contributed by atoms with Crippen molar-refractivity contribution in [3.8, 4) is 0 Å². The van der Waals surface area contributed by atoms with Crippen molar-refractivity contribution < 1.29 is 0 Å². The Kier molecular flexibility index (Phi) is 4.32. The number of aromatic nitrogens is 2. The van der Waals surface area contributed by atoms with E-state index in [1.54, 1.807) is 23.1 Å². The molecule has 0 spiro atoms. The van der Waals surface area contributed by atoms with Gasteiger partial charge in [0.25, 0.3) is 5.56 Å². The molecule has 3 nitrogen and oxygen atoms in total. The van der Waals surface area contributed by atoms with Gasteiger partial charge in [-0.25, -0.2) is 4.98 Å². The average molecular weight is 438 g/mol. The Hall–Kier alpha value is 0.150. The van der Waals surface area contributed by atoms with Crippen LogP contribution in [0.25, 0.3) is 10.2 Å². The first-order valence-electron chi connectivity index (χ1n) is 6.55. The van der Waals surface area contributed by atoms with Crippen LogP contribution in [-0.4, -0.2) is 20.1 Å². The smallest absolute Gasteiger partial charge is 0.263 e. The number of rotatable bonds is 1. The monoisotopic (exact) mass is 436 g/mol. The van der Waals surface area contributed by atoms with Crippen LogP contribution in [0.2, 0.25) is 0 Å². The Bertz CT molecular complexity index is 725. The maximum Gasteiger partial charge on any atom is 0.263 e. The van der Waals surface area contributed by atoms with Crippen LogP contribution in [0, 0.1) is 0 Å². The molecule has 0 N–H and O–H groups in total. The molecule has 7 heteroatoms. The molecule has 0 amide bonds. The molecule has 108 valence electrons. The third-order valence-corrected chi connectivity index (χ3v) is 7.44. The first-order valence-corrected chi connectivity index (χ1v) is 9.37. The number of hydrogen-bond acceptors (Lipinski definition) is 4. The summed E-state index contributed by atoms with van der Waals surface area (Å²) in [5.74, 6) is 0. The Morgan fingerprint density at radius 3 is 2.95 bits per heavy atom. The lowest BCUT2D eigenvalue weighted by atomic mass is 9.97. The summed E-state index contributed by atoms with van der Waals surface area (Å²) in [6, 6.07) is 0. The SMILES string of the molecule is Br.O=c1c2c3c(sc2nc2n1CC(CBr)S2)CCCC3. The number of aryl methyl sites for hydroxylation is 2. The molecule has 20 heavy (non-hydrogen) atoms. The second kappa shape index (κ2) is 5.74. The highest BCUT2D eigenvalue weighted by atomic mass is 79.9. The standard InChI is InChI=1S/C13H13BrN2OS2.BrH/c14-5-7-6-16-12(17)10-8-3-1-2-4-9(8)19-11(10)15-13(16)18-7;/h7H,1-6H2;1H. The van der Waals surface area contributed by atoms with Gasteiger partial charge in [-0.2, -0.15) is 0 Å². The lowest BCUT2D eigenvalue weighted by Crippen LogP contribution is -2.22. The van der Waals surface area contributed by atoms with Crippen LogP contribution in [0.4, 0.5) is 0 Å². The molecule has 0 aromatic carbocycles. The Balaban J connectivity index is 0.00000121. The van der Waals surface area contributed by atoms with Gasteiger partial charge >= 0.3 is 0 Å². The molecule has 0 saturated carbocycles. The second-order valence-electron chi connectivity index (χ2n) is 5.10. The summed E-state index contributed by atoms with van der Waals surface area (Å²) in [4.78, 5) is 19.8. The van der Waals surface area contributed by atoms with Crippen LogP contribution in [0.5, 0.6) is 0 Å². The molecule has 0 radical (unpaired) electrons. The molecular formula is C13H14Br2N2OS2. The van der Waals surface area contributed by atoms with E-state index in [0.717, 1.165) is 40.1 Å². The lowest BCUT2D eigenvalue weighted by molar-refractivity contribution is 0.631. The van der Waals surface area contributed by atoms with Gasteiger partial charge in [0.2, 0.25) is 0 Å². The average Bonchev–Trinajstić information content (AvgIpc) is 2.99. The van der Waals surface area contributed by atoms with E-state index in [2.05, 4.69) is 15.9 Å². The van der Waals surface area contributed by atoms with E-state index in [0.29, 0.717) is 5.25 Å². The third kappa shape index (κ3) is 2.21. The minimum Gasteiger partial charge on any atom is -0.286 e. The molecule has 1 aliphatic carbocycles. The number of nitrogens with zero attached hydrogens (tertiary/aromatic N) is 2. The third-order valence-electron chi connectivity index (χ3n) is 3.87. The van der Waals surface area contributed by atoms with Crippen molar-refractivity contribution in [2.75, 3.05) is 5.33 Å². The van der Waals surface area contributed by atoms with Crippen LogP contribution in [-0.2, 0) is 19.4 Å². The molecule has 4 rings (SSSR count). The fraction of sp³-hybridized carbons (Fsp3) is 0.538. The Morgan fingerprint density at radius 2 is 2.15 bits per heavy atom. The minimum absolute atomic E-state index is 0. The van der Waals surface area contributed by atoms with E-state index in [1.807, 2.05) is 4.57 Å².